The number of amides is 1. The zero-order valence-electron chi connectivity index (χ0n) is 14.6. The number of para-hydroxylation sites is 1. The minimum absolute atomic E-state index is 0.385. The molecule has 0 heterocycles. The summed E-state index contributed by atoms with van der Waals surface area (Å²) >= 11 is 0. The van der Waals surface area contributed by atoms with E-state index in [9.17, 15) is 9.59 Å². The van der Waals surface area contributed by atoms with Crippen molar-refractivity contribution in [2.24, 2.45) is 5.16 Å². The summed E-state index contributed by atoms with van der Waals surface area (Å²) in [5, 5.41) is 6.34. The van der Waals surface area contributed by atoms with Gasteiger partial charge in [-0.25, -0.2) is 4.79 Å². The molecular weight excluding hydrogens is 336 g/mol. The average Bonchev–Trinajstić information content (AvgIpc) is 2.66. The molecule has 0 aliphatic rings. The van der Waals surface area contributed by atoms with Crippen molar-refractivity contribution in [2.45, 2.75) is 6.92 Å². The molecule has 0 spiro atoms. The van der Waals surface area contributed by atoms with Crippen molar-refractivity contribution in [3.05, 3.63) is 59.7 Å². The normalized spacial score (nSPS) is 10.4. The molecule has 1 N–H and O–H groups in total. The first kappa shape index (κ1) is 19.0. The second-order valence-corrected chi connectivity index (χ2v) is 5.30. The standard InChI is InChI=1S/C19H20N2O5/c1-14-5-3-4-6-17(14)21-18(22)12-25-19(23)13-26-20-11-15-7-9-16(24-2)10-8-15/h3-11H,12-13H2,1-2H3,(H,21,22)/b20-11-. The number of carbonyl (C=O) groups excluding carboxylic acids is 2. The van der Waals surface area contributed by atoms with E-state index in [4.69, 9.17) is 14.3 Å². The Morgan fingerprint density at radius 3 is 2.50 bits per heavy atom. The Labute approximate surface area is 151 Å². The summed E-state index contributed by atoms with van der Waals surface area (Å²) in [7, 11) is 1.58. The number of benzene rings is 2. The van der Waals surface area contributed by atoms with Crippen molar-refractivity contribution in [1.29, 1.82) is 0 Å². The van der Waals surface area contributed by atoms with Gasteiger partial charge in [0.2, 0.25) is 6.61 Å². The lowest BCUT2D eigenvalue weighted by Gasteiger charge is -2.08. The molecule has 0 saturated heterocycles. The van der Waals surface area contributed by atoms with Crippen LogP contribution in [0.15, 0.2) is 53.7 Å². The molecule has 1 amide bonds. The van der Waals surface area contributed by atoms with Crippen LogP contribution in [0.5, 0.6) is 5.75 Å². The van der Waals surface area contributed by atoms with Crippen LogP contribution in [0.4, 0.5) is 5.69 Å². The molecule has 0 radical (unpaired) electrons. The number of aryl methyl sites for hydroxylation is 1. The molecule has 2 rings (SSSR count). The Kier molecular flexibility index (Phi) is 7.17. The van der Waals surface area contributed by atoms with Crippen molar-refractivity contribution >= 4 is 23.8 Å². The summed E-state index contributed by atoms with van der Waals surface area (Å²) in [6, 6.07) is 14.5. The molecule has 0 aliphatic heterocycles. The fourth-order valence-electron chi connectivity index (χ4n) is 1.97. The van der Waals surface area contributed by atoms with Gasteiger partial charge in [0.1, 0.15) is 5.75 Å². The van der Waals surface area contributed by atoms with Crippen molar-refractivity contribution < 1.29 is 23.9 Å². The van der Waals surface area contributed by atoms with Gasteiger partial charge < -0.3 is 19.6 Å². The minimum Gasteiger partial charge on any atom is -0.497 e. The number of nitrogens with zero attached hydrogens (tertiary/aromatic N) is 1. The molecule has 0 aromatic heterocycles. The van der Waals surface area contributed by atoms with E-state index in [-0.39, 0.29) is 6.61 Å². The number of oxime groups is 1. The maximum atomic E-state index is 11.8. The minimum atomic E-state index is -0.684. The number of anilines is 1. The maximum Gasteiger partial charge on any atom is 0.347 e. The number of rotatable bonds is 8. The monoisotopic (exact) mass is 356 g/mol. The van der Waals surface area contributed by atoms with Gasteiger partial charge in [-0.05, 0) is 48.4 Å². The molecule has 0 saturated carbocycles. The SMILES string of the molecule is COc1ccc(/C=N\OCC(=O)OCC(=O)Nc2ccccc2C)cc1. The molecule has 0 aliphatic carbocycles. The first-order valence-corrected chi connectivity index (χ1v) is 7.89. The third kappa shape index (κ3) is 6.27. The van der Waals surface area contributed by atoms with Gasteiger partial charge >= 0.3 is 5.97 Å². The quantitative estimate of drug-likeness (QED) is 0.446. The molecule has 7 nitrogen and oxygen atoms in total. The van der Waals surface area contributed by atoms with Crippen molar-refractivity contribution in [1.82, 2.24) is 0 Å². The number of hydrogen-bond donors (Lipinski definition) is 1. The fraction of sp³-hybridized carbons (Fsp3) is 0.211. The zero-order valence-corrected chi connectivity index (χ0v) is 14.6. The van der Waals surface area contributed by atoms with Gasteiger partial charge in [0, 0.05) is 5.69 Å². The van der Waals surface area contributed by atoms with Gasteiger partial charge in [0.25, 0.3) is 5.91 Å². The summed E-state index contributed by atoms with van der Waals surface area (Å²) in [5.41, 5.74) is 2.38. The van der Waals surface area contributed by atoms with E-state index in [1.54, 1.807) is 37.4 Å². The lowest BCUT2D eigenvalue weighted by atomic mass is 10.2. The van der Waals surface area contributed by atoms with Gasteiger partial charge in [0.15, 0.2) is 6.61 Å². The Balaban J connectivity index is 1.67. The third-order valence-electron chi connectivity index (χ3n) is 3.36. The number of carbonyl (C=O) groups is 2. The molecule has 0 bridgehead atoms. The summed E-state index contributed by atoms with van der Waals surface area (Å²) in [5.74, 6) is -0.373. The Hall–Kier alpha value is -3.35. The van der Waals surface area contributed by atoms with E-state index in [0.717, 1.165) is 16.9 Å². The first-order valence-electron chi connectivity index (χ1n) is 7.89. The Morgan fingerprint density at radius 2 is 1.81 bits per heavy atom. The van der Waals surface area contributed by atoms with Crippen LogP contribution in [0.25, 0.3) is 0 Å². The number of hydrogen-bond acceptors (Lipinski definition) is 6. The molecule has 0 unspecified atom stereocenters. The Bertz CT molecular complexity index is 772. The van der Waals surface area contributed by atoms with E-state index in [2.05, 4.69) is 10.5 Å². The lowest BCUT2D eigenvalue weighted by Crippen LogP contribution is -2.22. The van der Waals surface area contributed by atoms with Crippen LogP contribution in [-0.4, -0.2) is 38.4 Å². The highest BCUT2D eigenvalue weighted by Crippen LogP contribution is 2.12. The second kappa shape index (κ2) is 9.83. The smallest absolute Gasteiger partial charge is 0.347 e. The molecule has 7 heteroatoms. The van der Waals surface area contributed by atoms with Crippen LogP contribution in [-0.2, 0) is 19.2 Å². The van der Waals surface area contributed by atoms with E-state index >= 15 is 0 Å². The number of methoxy groups -OCH3 is 1. The highest BCUT2D eigenvalue weighted by Gasteiger charge is 2.09. The second-order valence-electron chi connectivity index (χ2n) is 5.30. The molecule has 0 atom stereocenters. The van der Waals surface area contributed by atoms with Gasteiger partial charge in [0.05, 0.1) is 13.3 Å². The third-order valence-corrected chi connectivity index (χ3v) is 3.36. The number of ether oxygens (including phenoxy) is 2. The molecule has 2 aromatic rings. The average molecular weight is 356 g/mol. The first-order chi connectivity index (χ1) is 12.6. The van der Waals surface area contributed by atoms with Crippen LogP contribution in [0, 0.1) is 6.92 Å². The van der Waals surface area contributed by atoms with E-state index in [1.165, 1.54) is 6.21 Å². The van der Waals surface area contributed by atoms with Crippen LogP contribution in [0.3, 0.4) is 0 Å². The Morgan fingerprint density at radius 1 is 1.08 bits per heavy atom. The molecule has 136 valence electrons. The summed E-state index contributed by atoms with van der Waals surface area (Å²) in [4.78, 5) is 28.2. The summed E-state index contributed by atoms with van der Waals surface area (Å²) in [6.07, 6.45) is 1.46. The zero-order chi connectivity index (χ0) is 18.8. The molecule has 2 aromatic carbocycles. The van der Waals surface area contributed by atoms with Crippen LogP contribution < -0.4 is 10.1 Å². The van der Waals surface area contributed by atoms with Gasteiger partial charge in [-0.15, -0.1) is 0 Å². The van der Waals surface area contributed by atoms with Crippen molar-refractivity contribution in [2.75, 3.05) is 25.6 Å². The van der Waals surface area contributed by atoms with Gasteiger partial charge in [-0.1, -0.05) is 23.4 Å². The lowest BCUT2D eigenvalue weighted by molar-refractivity contribution is -0.151. The summed E-state index contributed by atoms with van der Waals surface area (Å²) < 4.78 is 9.88. The van der Waals surface area contributed by atoms with Crippen LogP contribution >= 0.6 is 0 Å². The van der Waals surface area contributed by atoms with Crippen LogP contribution in [0.1, 0.15) is 11.1 Å². The van der Waals surface area contributed by atoms with Crippen molar-refractivity contribution in [3.63, 3.8) is 0 Å². The number of esters is 1. The predicted octanol–water partition coefficient (Wildman–Crippen LogP) is 2.54. The largest absolute Gasteiger partial charge is 0.497 e. The summed E-state index contributed by atoms with van der Waals surface area (Å²) in [6.45, 7) is 1.10. The molecule has 0 fully saturated rings. The van der Waals surface area contributed by atoms with E-state index in [1.807, 2.05) is 25.1 Å². The van der Waals surface area contributed by atoms with Crippen molar-refractivity contribution in [3.8, 4) is 5.75 Å². The number of nitrogens with one attached hydrogen (secondary N) is 1. The van der Waals surface area contributed by atoms with Gasteiger partial charge in [-0.2, -0.15) is 0 Å². The highest BCUT2D eigenvalue weighted by molar-refractivity contribution is 5.93. The fourth-order valence-corrected chi connectivity index (χ4v) is 1.97. The molecular formula is C19H20N2O5. The predicted molar refractivity (Wildman–Crippen MR) is 97.3 cm³/mol. The van der Waals surface area contributed by atoms with Gasteiger partial charge in [-0.3, -0.25) is 4.79 Å². The highest BCUT2D eigenvalue weighted by atomic mass is 16.7. The van der Waals surface area contributed by atoms with Crippen LogP contribution in [0.2, 0.25) is 0 Å². The van der Waals surface area contributed by atoms with E-state index < -0.39 is 18.5 Å². The maximum absolute atomic E-state index is 11.8. The topological polar surface area (TPSA) is 86.2 Å². The molecule has 26 heavy (non-hydrogen) atoms. The van der Waals surface area contributed by atoms with E-state index in [0.29, 0.717) is 5.69 Å².